The molecule has 0 aliphatic carbocycles. The van der Waals surface area contributed by atoms with E-state index in [4.69, 9.17) is 0 Å². The number of benzene rings is 2. The van der Waals surface area contributed by atoms with Crippen molar-refractivity contribution >= 4 is 28.5 Å². The highest BCUT2D eigenvalue weighted by molar-refractivity contribution is 5.91. The van der Waals surface area contributed by atoms with Crippen LogP contribution in [0.4, 0.5) is 11.4 Å². The van der Waals surface area contributed by atoms with Crippen molar-refractivity contribution in [2.75, 3.05) is 5.43 Å². The Morgan fingerprint density at radius 3 is 2.87 bits per heavy atom. The second-order valence-corrected chi connectivity index (χ2v) is 4.75. The number of aromatic nitrogens is 1. The number of non-ortho nitro benzene ring substituents is 1. The van der Waals surface area contributed by atoms with E-state index in [0.717, 1.165) is 10.9 Å². The van der Waals surface area contributed by atoms with E-state index in [1.54, 1.807) is 6.20 Å². The van der Waals surface area contributed by atoms with E-state index in [9.17, 15) is 15.2 Å². The minimum absolute atomic E-state index is 0.0859. The van der Waals surface area contributed by atoms with Crippen LogP contribution < -0.4 is 5.43 Å². The summed E-state index contributed by atoms with van der Waals surface area (Å²) in [7, 11) is 0. The summed E-state index contributed by atoms with van der Waals surface area (Å²) in [6.07, 6.45) is 3.01. The lowest BCUT2D eigenvalue weighted by atomic mass is 10.2. The molecule has 0 saturated carbocycles. The van der Waals surface area contributed by atoms with E-state index in [-0.39, 0.29) is 17.0 Å². The van der Waals surface area contributed by atoms with Gasteiger partial charge >= 0.3 is 0 Å². The van der Waals surface area contributed by atoms with Gasteiger partial charge in [-0.05, 0) is 18.2 Å². The zero-order chi connectivity index (χ0) is 16.2. The zero-order valence-corrected chi connectivity index (χ0v) is 11.9. The molecule has 0 radical (unpaired) electrons. The van der Waals surface area contributed by atoms with Gasteiger partial charge in [0.1, 0.15) is 5.75 Å². The number of phenols is 1. The number of fused-ring (bicyclic) bond motifs is 1. The molecule has 23 heavy (non-hydrogen) atoms. The third-order valence-electron chi connectivity index (χ3n) is 3.24. The fourth-order valence-corrected chi connectivity index (χ4v) is 2.12. The molecule has 0 bridgehead atoms. The molecular formula is C16H12N4O3. The van der Waals surface area contributed by atoms with Crippen molar-refractivity contribution in [2.24, 2.45) is 5.10 Å². The standard InChI is InChI=1S/C16H12N4O3/c21-15-7-6-13(20(22)23)9-12(15)10-18-19-14-5-1-3-11-4-2-8-17-16(11)14/h1-10,19,21H/b18-10-. The monoisotopic (exact) mass is 308 g/mol. The zero-order valence-electron chi connectivity index (χ0n) is 11.9. The Morgan fingerprint density at radius 2 is 2.04 bits per heavy atom. The normalized spacial score (nSPS) is 11.0. The molecule has 7 nitrogen and oxygen atoms in total. The number of hydrazone groups is 1. The molecule has 3 rings (SSSR count). The van der Waals surface area contributed by atoms with Crippen molar-refractivity contribution < 1.29 is 10.0 Å². The van der Waals surface area contributed by atoms with Crippen LogP contribution in [-0.2, 0) is 0 Å². The summed E-state index contributed by atoms with van der Waals surface area (Å²) < 4.78 is 0. The number of nitrogens with one attached hydrogen (secondary N) is 1. The summed E-state index contributed by atoms with van der Waals surface area (Å²) >= 11 is 0. The van der Waals surface area contributed by atoms with E-state index >= 15 is 0 Å². The van der Waals surface area contributed by atoms with Crippen molar-refractivity contribution in [1.82, 2.24) is 4.98 Å². The molecule has 1 aromatic heterocycles. The summed E-state index contributed by atoms with van der Waals surface area (Å²) in [5, 5.41) is 25.5. The van der Waals surface area contributed by atoms with Gasteiger partial charge in [0.25, 0.3) is 5.69 Å². The number of hydrogen-bond acceptors (Lipinski definition) is 6. The van der Waals surface area contributed by atoms with E-state index in [1.807, 2.05) is 30.3 Å². The fourth-order valence-electron chi connectivity index (χ4n) is 2.12. The summed E-state index contributed by atoms with van der Waals surface area (Å²) in [5.41, 5.74) is 4.43. The van der Waals surface area contributed by atoms with Crippen molar-refractivity contribution in [1.29, 1.82) is 0 Å². The number of nitro benzene ring substituents is 1. The van der Waals surface area contributed by atoms with Crippen LogP contribution in [0.5, 0.6) is 5.75 Å². The highest BCUT2D eigenvalue weighted by Gasteiger charge is 2.08. The molecule has 0 amide bonds. The molecule has 0 spiro atoms. The van der Waals surface area contributed by atoms with Gasteiger partial charge in [-0.2, -0.15) is 5.10 Å². The van der Waals surface area contributed by atoms with Gasteiger partial charge in [0.15, 0.2) is 0 Å². The number of anilines is 1. The van der Waals surface area contributed by atoms with Gasteiger partial charge in [0.2, 0.25) is 0 Å². The first-order chi connectivity index (χ1) is 11.1. The predicted octanol–water partition coefficient (Wildman–Crippen LogP) is 3.29. The van der Waals surface area contributed by atoms with Crippen molar-refractivity contribution in [2.45, 2.75) is 0 Å². The van der Waals surface area contributed by atoms with Crippen LogP contribution in [0.15, 0.2) is 59.8 Å². The Morgan fingerprint density at radius 1 is 1.22 bits per heavy atom. The summed E-state index contributed by atoms with van der Waals surface area (Å²) in [6.45, 7) is 0. The summed E-state index contributed by atoms with van der Waals surface area (Å²) in [5.74, 6) is -0.0859. The minimum Gasteiger partial charge on any atom is -0.507 e. The molecule has 0 saturated heterocycles. The van der Waals surface area contributed by atoms with E-state index in [2.05, 4.69) is 15.5 Å². The largest absolute Gasteiger partial charge is 0.507 e. The van der Waals surface area contributed by atoms with Gasteiger partial charge in [-0.3, -0.25) is 20.5 Å². The van der Waals surface area contributed by atoms with Gasteiger partial charge < -0.3 is 5.11 Å². The molecule has 0 unspecified atom stereocenters. The lowest BCUT2D eigenvalue weighted by Gasteiger charge is -2.04. The molecule has 2 N–H and O–H groups in total. The quantitative estimate of drug-likeness (QED) is 0.437. The SMILES string of the molecule is O=[N+]([O-])c1ccc(O)c(/C=N\Nc2cccc3cccnc23)c1. The molecule has 0 atom stereocenters. The van der Waals surface area contributed by atoms with Crippen LogP contribution in [0.1, 0.15) is 5.56 Å². The Bertz CT molecular complexity index is 903. The van der Waals surface area contributed by atoms with Crippen LogP contribution >= 0.6 is 0 Å². The lowest BCUT2D eigenvalue weighted by Crippen LogP contribution is -1.94. The topological polar surface area (TPSA) is 101 Å². The Labute approximate surface area is 131 Å². The number of nitrogens with zero attached hydrogens (tertiary/aromatic N) is 3. The number of pyridine rings is 1. The fraction of sp³-hybridized carbons (Fsp3) is 0. The van der Waals surface area contributed by atoms with Crippen LogP contribution in [-0.4, -0.2) is 21.2 Å². The van der Waals surface area contributed by atoms with Crippen molar-refractivity contribution in [3.8, 4) is 5.75 Å². The van der Waals surface area contributed by atoms with E-state index in [0.29, 0.717) is 5.69 Å². The Kier molecular flexibility index (Phi) is 3.84. The average molecular weight is 308 g/mol. The first kappa shape index (κ1) is 14.5. The number of nitro groups is 1. The van der Waals surface area contributed by atoms with Crippen molar-refractivity contribution in [3.63, 3.8) is 0 Å². The van der Waals surface area contributed by atoms with Crippen LogP contribution in [0.25, 0.3) is 10.9 Å². The van der Waals surface area contributed by atoms with Crippen molar-refractivity contribution in [3.05, 3.63) is 70.4 Å². The third-order valence-corrected chi connectivity index (χ3v) is 3.24. The maximum absolute atomic E-state index is 10.8. The van der Waals surface area contributed by atoms with Gasteiger partial charge in [0, 0.05) is 29.3 Å². The van der Waals surface area contributed by atoms with Gasteiger partial charge in [0.05, 0.1) is 22.3 Å². The van der Waals surface area contributed by atoms with E-state index < -0.39 is 4.92 Å². The third kappa shape index (κ3) is 3.08. The van der Waals surface area contributed by atoms with Crippen LogP contribution in [0.3, 0.4) is 0 Å². The molecule has 0 fully saturated rings. The lowest BCUT2D eigenvalue weighted by molar-refractivity contribution is -0.384. The number of rotatable bonds is 4. The first-order valence-electron chi connectivity index (χ1n) is 6.75. The molecule has 114 valence electrons. The number of para-hydroxylation sites is 1. The predicted molar refractivity (Wildman–Crippen MR) is 87.7 cm³/mol. The molecular weight excluding hydrogens is 296 g/mol. The molecule has 0 aliphatic heterocycles. The maximum atomic E-state index is 10.8. The number of hydrogen-bond donors (Lipinski definition) is 2. The van der Waals surface area contributed by atoms with Gasteiger partial charge in [-0.25, -0.2) is 0 Å². The first-order valence-corrected chi connectivity index (χ1v) is 6.75. The van der Waals surface area contributed by atoms with Gasteiger partial charge in [-0.15, -0.1) is 0 Å². The summed E-state index contributed by atoms with van der Waals surface area (Å²) in [4.78, 5) is 14.5. The highest BCUT2D eigenvalue weighted by atomic mass is 16.6. The van der Waals surface area contributed by atoms with E-state index in [1.165, 1.54) is 24.4 Å². The maximum Gasteiger partial charge on any atom is 0.270 e. The average Bonchev–Trinajstić information content (AvgIpc) is 2.56. The molecule has 7 heteroatoms. The summed E-state index contributed by atoms with van der Waals surface area (Å²) in [6, 6.07) is 13.1. The Balaban J connectivity index is 1.86. The molecule has 2 aromatic carbocycles. The molecule has 3 aromatic rings. The number of aromatic hydroxyl groups is 1. The molecule has 0 aliphatic rings. The second-order valence-electron chi connectivity index (χ2n) is 4.75. The van der Waals surface area contributed by atoms with Crippen LogP contribution in [0.2, 0.25) is 0 Å². The second kappa shape index (κ2) is 6.10. The van der Waals surface area contributed by atoms with Gasteiger partial charge in [-0.1, -0.05) is 18.2 Å². The molecule has 1 heterocycles. The highest BCUT2D eigenvalue weighted by Crippen LogP contribution is 2.22. The van der Waals surface area contributed by atoms with Crippen LogP contribution in [0, 0.1) is 10.1 Å². The number of phenolic OH excluding ortho intramolecular Hbond substituents is 1. The smallest absolute Gasteiger partial charge is 0.270 e. The Hall–Kier alpha value is -3.48. The minimum atomic E-state index is -0.529.